The maximum atomic E-state index is 14.2. The van der Waals surface area contributed by atoms with Crippen molar-refractivity contribution in [2.24, 2.45) is 0 Å². The summed E-state index contributed by atoms with van der Waals surface area (Å²) in [5.74, 6) is -1.34. The first-order chi connectivity index (χ1) is 15.5. The van der Waals surface area contributed by atoms with Gasteiger partial charge in [0.2, 0.25) is 11.9 Å². The molecule has 0 radical (unpaired) electrons. The Labute approximate surface area is 184 Å². The number of methoxy groups -OCH3 is 1. The Morgan fingerprint density at radius 1 is 1.16 bits per heavy atom. The molecular weight excluding hydrogens is 420 g/mol. The normalized spacial score (nSPS) is 13.0. The highest BCUT2D eigenvalue weighted by Gasteiger charge is 2.13. The molecule has 3 N–H and O–H groups in total. The predicted molar refractivity (Wildman–Crippen MR) is 116 cm³/mol. The molecule has 8 nitrogen and oxygen atoms in total. The third-order valence-corrected chi connectivity index (χ3v) is 4.37. The highest BCUT2D eigenvalue weighted by atomic mass is 19.1. The molecule has 2 aromatic rings. The molecule has 1 amide bonds. The van der Waals surface area contributed by atoms with E-state index in [4.69, 9.17) is 9.47 Å². The number of aromatic nitrogens is 2. The van der Waals surface area contributed by atoms with E-state index >= 15 is 0 Å². The smallest absolute Gasteiger partial charge is 0.247 e. The second-order valence-electron chi connectivity index (χ2n) is 6.70. The summed E-state index contributed by atoms with van der Waals surface area (Å²) in [7, 11) is 1.53. The Morgan fingerprint density at radius 3 is 2.62 bits per heavy atom. The Morgan fingerprint density at radius 2 is 1.94 bits per heavy atom. The van der Waals surface area contributed by atoms with E-state index in [0.29, 0.717) is 30.8 Å². The van der Waals surface area contributed by atoms with Crippen molar-refractivity contribution in [3.63, 3.8) is 0 Å². The highest BCUT2D eigenvalue weighted by Crippen LogP contribution is 2.25. The van der Waals surface area contributed by atoms with Crippen molar-refractivity contribution in [3.8, 4) is 5.75 Å². The van der Waals surface area contributed by atoms with E-state index in [1.165, 1.54) is 25.3 Å². The minimum Gasteiger partial charge on any atom is -0.488 e. The molecule has 0 bridgehead atoms. The molecule has 10 heteroatoms. The van der Waals surface area contributed by atoms with E-state index in [1.807, 2.05) is 0 Å². The second-order valence-corrected chi connectivity index (χ2v) is 6.70. The zero-order chi connectivity index (χ0) is 22.9. The van der Waals surface area contributed by atoms with Crippen LogP contribution in [0.25, 0.3) is 0 Å². The lowest BCUT2D eigenvalue weighted by Crippen LogP contribution is -2.21. The van der Waals surface area contributed by atoms with Crippen LogP contribution in [0.4, 0.5) is 26.2 Å². The van der Waals surface area contributed by atoms with Crippen LogP contribution in [0.2, 0.25) is 0 Å². The fraction of sp³-hybridized carbons (Fsp3) is 0.227. The van der Waals surface area contributed by atoms with Crippen LogP contribution in [0.1, 0.15) is 12.8 Å². The maximum Gasteiger partial charge on any atom is 0.247 e. The molecule has 32 heavy (non-hydrogen) atoms. The fourth-order valence-electron chi connectivity index (χ4n) is 2.78. The van der Waals surface area contributed by atoms with Crippen LogP contribution in [-0.4, -0.2) is 36.2 Å². The van der Waals surface area contributed by atoms with Crippen molar-refractivity contribution in [1.29, 1.82) is 0 Å². The number of carbonyl (C=O) groups excluding carboxylic acids is 1. The van der Waals surface area contributed by atoms with Gasteiger partial charge in [-0.1, -0.05) is 6.58 Å². The number of benzene rings is 1. The molecule has 1 aromatic heterocycles. The maximum absolute atomic E-state index is 14.2. The zero-order valence-corrected chi connectivity index (χ0v) is 17.5. The van der Waals surface area contributed by atoms with Gasteiger partial charge in [0.05, 0.1) is 12.8 Å². The van der Waals surface area contributed by atoms with E-state index in [0.717, 1.165) is 11.9 Å². The van der Waals surface area contributed by atoms with E-state index in [2.05, 4.69) is 32.5 Å². The number of nitrogens with zero attached hydrogens (tertiary/aromatic N) is 2. The first kappa shape index (κ1) is 22.9. The van der Waals surface area contributed by atoms with E-state index in [-0.39, 0.29) is 30.0 Å². The van der Waals surface area contributed by atoms with Crippen molar-refractivity contribution in [2.75, 3.05) is 31.0 Å². The minimum atomic E-state index is -0.640. The van der Waals surface area contributed by atoms with Crippen LogP contribution >= 0.6 is 0 Å². The molecule has 0 atom stereocenters. The molecule has 0 unspecified atom stereocenters. The molecule has 1 heterocycles. The summed E-state index contributed by atoms with van der Waals surface area (Å²) in [6.45, 7) is 3.98. The fourth-order valence-corrected chi connectivity index (χ4v) is 2.78. The molecule has 0 saturated carbocycles. The van der Waals surface area contributed by atoms with Crippen molar-refractivity contribution < 1.29 is 23.0 Å². The lowest BCUT2D eigenvalue weighted by Gasteiger charge is -2.17. The largest absolute Gasteiger partial charge is 0.488 e. The Balaban J connectivity index is 1.67. The lowest BCUT2D eigenvalue weighted by molar-refractivity contribution is -0.115. The molecule has 1 aromatic carbocycles. The Hall–Kier alpha value is -3.79. The molecular formula is C22H23F2N5O3. The summed E-state index contributed by atoms with van der Waals surface area (Å²) in [6, 6.07) is 4.30. The highest BCUT2D eigenvalue weighted by molar-refractivity contribution is 5.88. The first-order valence-electron chi connectivity index (χ1n) is 9.79. The molecule has 0 fully saturated rings. The monoisotopic (exact) mass is 443 g/mol. The number of anilines is 3. The summed E-state index contributed by atoms with van der Waals surface area (Å²) >= 11 is 0. The van der Waals surface area contributed by atoms with Gasteiger partial charge in [-0.05, 0) is 43.2 Å². The third-order valence-electron chi connectivity index (χ3n) is 4.37. The van der Waals surface area contributed by atoms with Crippen LogP contribution in [0.5, 0.6) is 5.75 Å². The average Bonchev–Trinajstić information content (AvgIpc) is 2.79. The topological polar surface area (TPSA) is 97.4 Å². The summed E-state index contributed by atoms with van der Waals surface area (Å²) in [4.78, 5) is 19.4. The number of hydrogen-bond donors (Lipinski definition) is 3. The van der Waals surface area contributed by atoms with Crippen molar-refractivity contribution >= 4 is 23.4 Å². The van der Waals surface area contributed by atoms with E-state index < -0.39 is 11.6 Å². The molecule has 0 spiro atoms. The molecule has 1 aliphatic rings. The molecule has 0 aliphatic heterocycles. The summed E-state index contributed by atoms with van der Waals surface area (Å²) < 4.78 is 38.6. The van der Waals surface area contributed by atoms with Crippen LogP contribution in [0.15, 0.2) is 60.6 Å². The molecule has 168 valence electrons. The SMILES string of the molecule is C=CC(=O)NC1=CC=C(Nc2nc(Nc3ccc(OCCOC)c(F)c3)ncc2F)CC1. The molecule has 0 saturated heterocycles. The Kier molecular flexibility index (Phi) is 7.87. The number of carbonyl (C=O) groups is 1. The summed E-state index contributed by atoms with van der Waals surface area (Å²) in [5.41, 5.74) is 1.83. The lowest BCUT2D eigenvalue weighted by atomic mass is 10.1. The summed E-state index contributed by atoms with van der Waals surface area (Å²) in [5, 5.41) is 8.47. The van der Waals surface area contributed by atoms with Gasteiger partial charge in [-0.15, -0.1) is 0 Å². The van der Waals surface area contributed by atoms with Gasteiger partial charge in [-0.25, -0.2) is 13.8 Å². The third kappa shape index (κ3) is 6.35. The molecule has 1 aliphatic carbocycles. The summed E-state index contributed by atoms with van der Waals surface area (Å²) in [6.07, 6.45) is 6.78. The number of allylic oxidation sites excluding steroid dienone is 4. The van der Waals surface area contributed by atoms with Crippen molar-refractivity contribution in [1.82, 2.24) is 15.3 Å². The number of halogens is 2. The van der Waals surface area contributed by atoms with Gasteiger partial charge in [0, 0.05) is 30.3 Å². The van der Waals surface area contributed by atoms with E-state index in [9.17, 15) is 13.6 Å². The van der Waals surface area contributed by atoms with Crippen LogP contribution in [0, 0.1) is 11.6 Å². The van der Waals surface area contributed by atoms with Gasteiger partial charge < -0.3 is 25.4 Å². The number of hydrogen-bond acceptors (Lipinski definition) is 7. The van der Waals surface area contributed by atoms with Gasteiger partial charge in [0.25, 0.3) is 0 Å². The van der Waals surface area contributed by atoms with Gasteiger partial charge in [0.15, 0.2) is 23.2 Å². The van der Waals surface area contributed by atoms with Gasteiger partial charge in [-0.3, -0.25) is 4.79 Å². The van der Waals surface area contributed by atoms with Crippen LogP contribution in [-0.2, 0) is 9.53 Å². The predicted octanol–water partition coefficient (Wildman–Crippen LogP) is 3.80. The van der Waals surface area contributed by atoms with Gasteiger partial charge in [-0.2, -0.15) is 4.98 Å². The van der Waals surface area contributed by atoms with Crippen LogP contribution < -0.4 is 20.7 Å². The van der Waals surface area contributed by atoms with Crippen molar-refractivity contribution in [2.45, 2.75) is 12.8 Å². The number of rotatable bonds is 10. The van der Waals surface area contributed by atoms with Crippen molar-refractivity contribution in [3.05, 3.63) is 72.2 Å². The first-order valence-corrected chi connectivity index (χ1v) is 9.79. The zero-order valence-electron chi connectivity index (χ0n) is 17.5. The number of ether oxygens (including phenoxy) is 2. The van der Waals surface area contributed by atoms with Gasteiger partial charge >= 0.3 is 0 Å². The number of nitrogens with one attached hydrogen (secondary N) is 3. The van der Waals surface area contributed by atoms with E-state index in [1.54, 1.807) is 18.2 Å². The minimum absolute atomic E-state index is 0.0271. The number of amides is 1. The van der Waals surface area contributed by atoms with Gasteiger partial charge in [0.1, 0.15) is 6.61 Å². The van der Waals surface area contributed by atoms with Crippen LogP contribution in [0.3, 0.4) is 0 Å². The second kappa shape index (κ2) is 11.0. The Bertz CT molecular complexity index is 1060. The standard InChI is InChI=1S/C22H23F2N5O3/c1-3-20(30)26-14-4-6-15(7-5-14)27-21-18(24)13-25-22(29-21)28-16-8-9-19(17(23)12-16)32-11-10-31-2/h3-4,6,8-9,12-13H,1,5,7,10-11H2,2H3,(H,26,30)(H2,25,27,28,29). The quantitative estimate of drug-likeness (QED) is 0.380. The average molecular weight is 443 g/mol. The molecule has 3 rings (SSSR count).